The Hall–Kier alpha value is -2.88. The number of aryl methyl sites for hydroxylation is 1. The average molecular weight is 378 g/mol. The number of nitrogens with one attached hydrogen (secondary N) is 1. The van der Waals surface area contributed by atoms with Crippen molar-refractivity contribution < 1.29 is 23.6 Å². The van der Waals surface area contributed by atoms with Crippen molar-refractivity contribution in [2.75, 3.05) is 18.5 Å². The van der Waals surface area contributed by atoms with Crippen LogP contribution in [0.4, 0.5) is 9.80 Å². The van der Waals surface area contributed by atoms with Gasteiger partial charge in [0.15, 0.2) is 0 Å². The van der Waals surface area contributed by atoms with Gasteiger partial charge in [-0.1, -0.05) is 5.16 Å². The molecule has 3 amide bonds. The minimum atomic E-state index is -0.629. The van der Waals surface area contributed by atoms with E-state index in [0.717, 1.165) is 10.4 Å². The fraction of sp³-hybridized carbons (Fsp3) is 0.375. The number of nitrogens with zero attached hydrogens (tertiary/aromatic N) is 2. The number of primary amides is 1. The molecule has 0 radical (unpaired) electrons. The molecule has 3 N–H and O–H groups in total. The van der Waals surface area contributed by atoms with Crippen molar-refractivity contribution >= 4 is 34.2 Å². The fourth-order valence-electron chi connectivity index (χ4n) is 2.76. The molecule has 2 aromatic heterocycles. The SMILES string of the molecule is CCOC(=O)N1CCc2c(sc(NC(=O)c3cc(C)no3)c2C(N)=O)C1. The monoisotopic (exact) mass is 378 g/mol. The van der Waals surface area contributed by atoms with E-state index < -0.39 is 17.9 Å². The number of rotatable bonds is 4. The smallest absolute Gasteiger partial charge is 0.410 e. The molecule has 0 saturated carbocycles. The number of fused-ring (bicyclic) bond motifs is 1. The lowest BCUT2D eigenvalue weighted by molar-refractivity contribution is 0.0987. The molecule has 0 fully saturated rings. The number of nitrogens with two attached hydrogens (primary N) is 1. The van der Waals surface area contributed by atoms with Gasteiger partial charge in [0.1, 0.15) is 5.00 Å². The highest BCUT2D eigenvalue weighted by Crippen LogP contribution is 2.37. The molecular weight excluding hydrogens is 360 g/mol. The van der Waals surface area contributed by atoms with Gasteiger partial charge < -0.3 is 25.2 Å². The van der Waals surface area contributed by atoms with E-state index in [1.165, 1.54) is 17.4 Å². The average Bonchev–Trinajstić information content (AvgIpc) is 3.17. The molecule has 0 spiro atoms. The summed E-state index contributed by atoms with van der Waals surface area (Å²) in [6.45, 7) is 4.44. The number of thiophene rings is 1. The molecule has 2 aromatic rings. The summed E-state index contributed by atoms with van der Waals surface area (Å²) in [6.07, 6.45) is 0.0510. The number of hydrogen-bond acceptors (Lipinski definition) is 7. The Morgan fingerprint density at radius 1 is 1.46 bits per heavy atom. The summed E-state index contributed by atoms with van der Waals surface area (Å²) in [5.74, 6) is -1.11. The molecule has 1 aliphatic rings. The second-order valence-electron chi connectivity index (χ2n) is 5.73. The number of amides is 3. The molecule has 0 bridgehead atoms. The van der Waals surface area contributed by atoms with Gasteiger partial charge in [-0.2, -0.15) is 0 Å². The molecule has 1 aliphatic heterocycles. The van der Waals surface area contributed by atoms with E-state index in [9.17, 15) is 14.4 Å². The van der Waals surface area contributed by atoms with Gasteiger partial charge in [0, 0.05) is 17.5 Å². The van der Waals surface area contributed by atoms with Gasteiger partial charge in [-0.05, 0) is 25.8 Å². The highest BCUT2D eigenvalue weighted by atomic mass is 32.1. The summed E-state index contributed by atoms with van der Waals surface area (Å²) in [5.41, 5.74) is 7.12. The Balaban J connectivity index is 1.87. The molecule has 26 heavy (non-hydrogen) atoms. The topological polar surface area (TPSA) is 128 Å². The Morgan fingerprint density at radius 3 is 2.85 bits per heavy atom. The van der Waals surface area contributed by atoms with Gasteiger partial charge in [0.05, 0.1) is 24.4 Å². The molecule has 10 heteroatoms. The lowest BCUT2D eigenvalue weighted by Gasteiger charge is -2.26. The molecule has 0 atom stereocenters. The second-order valence-corrected chi connectivity index (χ2v) is 6.83. The van der Waals surface area contributed by atoms with Gasteiger partial charge in [0.2, 0.25) is 5.76 Å². The van der Waals surface area contributed by atoms with Crippen molar-refractivity contribution in [3.8, 4) is 0 Å². The largest absolute Gasteiger partial charge is 0.450 e. The number of aromatic nitrogens is 1. The third kappa shape index (κ3) is 3.40. The van der Waals surface area contributed by atoms with Crippen molar-refractivity contribution in [1.82, 2.24) is 10.1 Å². The third-order valence-electron chi connectivity index (χ3n) is 3.91. The Kier molecular flexibility index (Phi) is 4.94. The van der Waals surface area contributed by atoms with E-state index in [1.807, 2.05) is 0 Å². The summed E-state index contributed by atoms with van der Waals surface area (Å²) in [6, 6.07) is 1.50. The zero-order valence-electron chi connectivity index (χ0n) is 14.3. The van der Waals surface area contributed by atoms with Gasteiger partial charge >= 0.3 is 6.09 Å². The van der Waals surface area contributed by atoms with Crippen LogP contribution >= 0.6 is 11.3 Å². The molecule has 3 rings (SSSR count). The van der Waals surface area contributed by atoms with Crippen LogP contribution < -0.4 is 11.1 Å². The highest BCUT2D eigenvalue weighted by molar-refractivity contribution is 7.17. The summed E-state index contributed by atoms with van der Waals surface area (Å²) in [4.78, 5) is 38.5. The molecule has 0 aromatic carbocycles. The van der Waals surface area contributed by atoms with Crippen LogP contribution in [0.5, 0.6) is 0 Å². The number of carbonyl (C=O) groups excluding carboxylic acids is 3. The summed E-state index contributed by atoms with van der Waals surface area (Å²) in [7, 11) is 0. The Bertz CT molecular complexity index is 872. The van der Waals surface area contributed by atoms with Crippen LogP contribution in [0, 0.1) is 6.92 Å². The van der Waals surface area contributed by atoms with E-state index in [0.29, 0.717) is 30.2 Å². The van der Waals surface area contributed by atoms with E-state index in [2.05, 4.69) is 10.5 Å². The standard InChI is InChI=1S/C16H18N4O5S/c1-3-24-16(23)20-5-4-9-11(7-20)26-15(12(9)13(17)21)18-14(22)10-6-8(2)19-25-10/h6H,3-5,7H2,1-2H3,(H2,17,21)(H,18,22). The number of hydrogen-bond donors (Lipinski definition) is 2. The third-order valence-corrected chi connectivity index (χ3v) is 5.04. The summed E-state index contributed by atoms with van der Waals surface area (Å²) >= 11 is 1.22. The minimum Gasteiger partial charge on any atom is -0.450 e. The number of carbonyl (C=O) groups is 3. The van der Waals surface area contributed by atoms with Gasteiger partial charge in [-0.15, -0.1) is 11.3 Å². The van der Waals surface area contributed by atoms with E-state index in [1.54, 1.807) is 18.7 Å². The van der Waals surface area contributed by atoms with E-state index in [-0.39, 0.29) is 17.9 Å². The van der Waals surface area contributed by atoms with Crippen LogP contribution in [-0.4, -0.2) is 41.1 Å². The van der Waals surface area contributed by atoms with E-state index in [4.69, 9.17) is 15.0 Å². The van der Waals surface area contributed by atoms with Crippen molar-refractivity contribution in [3.63, 3.8) is 0 Å². The van der Waals surface area contributed by atoms with Crippen molar-refractivity contribution in [2.45, 2.75) is 26.8 Å². The summed E-state index contributed by atoms with van der Waals surface area (Å²) in [5, 5.41) is 6.66. The first-order valence-electron chi connectivity index (χ1n) is 8.01. The molecule has 0 saturated heterocycles. The zero-order chi connectivity index (χ0) is 18.8. The maximum atomic E-state index is 12.3. The quantitative estimate of drug-likeness (QED) is 0.836. The first-order valence-corrected chi connectivity index (χ1v) is 8.83. The van der Waals surface area contributed by atoms with Crippen LogP contribution in [0.3, 0.4) is 0 Å². The Morgan fingerprint density at radius 2 is 2.23 bits per heavy atom. The number of anilines is 1. The second kappa shape index (κ2) is 7.16. The normalized spacial score (nSPS) is 13.2. The van der Waals surface area contributed by atoms with Crippen LogP contribution in [0.2, 0.25) is 0 Å². The number of ether oxygens (including phenoxy) is 1. The minimum absolute atomic E-state index is 0.0393. The first-order chi connectivity index (χ1) is 12.4. The van der Waals surface area contributed by atoms with Crippen LogP contribution in [0.15, 0.2) is 10.6 Å². The van der Waals surface area contributed by atoms with Gasteiger partial charge in [-0.25, -0.2) is 4.79 Å². The van der Waals surface area contributed by atoms with Gasteiger partial charge in [-0.3, -0.25) is 9.59 Å². The first kappa shape index (κ1) is 17.9. The molecule has 138 valence electrons. The van der Waals surface area contributed by atoms with Crippen molar-refractivity contribution in [3.05, 3.63) is 33.5 Å². The van der Waals surface area contributed by atoms with Crippen molar-refractivity contribution in [1.29, 1.82) is 0 Å². The molecule has 0 aliphatic carbocycles. The maximum Gasteiger partial charge on any atom is 0.410 e. The predicted molar refractivity (Wildman–Crippen MR) is 93.2 cm³/mol. The van der Waals surface area contributed by atoms with Crippen molar-refractivity contribution in [2.24, 2.45) is 5.73 Å². The van der Waals surface area contributed by atoms with Crippen LogP contribution in [0.1, 0.15) is 44.0 Å². The molecule has 0 unspecified atom stereocenters. The van der Waals surface area contributed by atoms with Gasteiger partial charge in [0.25, 0.3) is 11.8 Å². The molecule has 3 heterocycles. The predicted octanol–water partition coefficient (Wildman–Crippen LogP) is 1.91. The Labute approximate surface area is 153 Å². The molecular formula is C16H18N4O5S. The van der Waals surface area contributed by atoms with Crippen LogP contribution in [-0.2, 0) is 17.7 Å². The lowest BCUT2D eigenvalue weighted by Crippen LogP contribution is -2.36. The fourth-order valence-corrected chi connectivity index (χ4v) is 4.02. The summed E-state index contributed by atoms with van der Waals surface area (Å²) < 4.78 is 9.95. The maximum absolute atomic E-state index is 12.3. The van der Waals surface area contributed by atoms with Crippen LogP contribution in [0.25, 0.3) is 0 Å². The zero-order valence-corrected chi connectivity index (χ0v) is 15.1. The lowest BCUT2D eigenvalue weighted by atomic mass is 10.0. The highest BCUT2D eigenvalue weighted by Gasteiger charge is 2.30. The molecule has 9 nitrogen and oxygen atoms in total. The van der Waals surface area contributed by atoms with E-state index >= 15 is 0 Å².